The van der Waals surface area contributed by atoms with E-state index in [0.29, 0.717) is 18.4 Å². The van der Waals surface area contributed by atoms with Crippen LogP contribution in [0.4, 0.5) is 0 Å². The second-order valence-corrected chi connectivity index (χ2v) is 7.53. The summed E-state index contributed by atoms with van der Waals surface area (Å²) in [5.74, 6) is 2.30. The van der Waals surface area contributed by atoms with Gasteiger partial charge < -0.3 is 10.1 Å². The monoisotopic (exact) mass is 347 g/mol. The molecule has 5 nitrogen and oxygen atoms in total. The lowest BCUT2D eigenvalue weighted by atomic mass is 9.93. The largest absolute Gasteiger partial charge is 0.488 e. The molecule has 4 atom stereocenters. The Hall–Kier alpha value is -2.69. The third kappa shape index (κ3) is 2.77. The van der Waals surface area contributed by atoms with E-state index >= 15 is 0 Å². The van der Waals surface area contributed by atoms with E-state index < -0.39 is 0 Å². The van der Waals surface area contributed by atoms with E-state index in [0.717, 1.165) is 36.1 Å². The van der Waals surface area contributed by atoms with E-state index in [2.05, 4.69) is 33.5 Å². The highest BCUT2D eigenvalue weighted by Gasteiger charge is 2.39. The first-order valence-corrected chi connectivity index (χ1v) is 9.27. The number of hydrogen-bond acceptors (Lipinski definition) is 4. The number of carbonyl (C=O) groups excluding carboxylic acids is 1. The van der Waals surface area contributed by atoms with Crippen LogP contribution in [0.15, 0.2) is 49.1 Å². The fourth-order valence-electron chi connectivity index (χ4n) is 4.49. The Morgan fingerprint density at radius 3 is 2.81 bits per heavy atom. The van der Waals surface area contributed by atoms with E-state index in [1.165, 1.54) is 11.9 Å². The molecule has 132 valence electrons. The molecule has 5 rings (SSSR count). The zero-order chi connectivity index (χ0) is 17.5. The number of rotatable bonds is 4. The molecule has 1 aliphatic heterocycles. The van der Waals surface area contributed by atoms with Gasteiger partial charge in [0.25, 0.3) is 0 Å². The third-order valence-corrected chi connectivity index (χ3v) is 5.82. The summed E-state index contributed by atoms with van der Waals surface area (Å²) in [4.78, 5) is 20.6. The summed E-state index contributed by atoms with van der Waals surface area (Å²) >= 11 is 0. The van der Waals surface area contributed by atoms with Crippen molar-refractivity contribution in [3.05, 3.63) is 54.6 Å². The second kappa shape index (κ2) is 6.24. The number of nitrogens with zero attached hydrogens (tertiary/aromatic N) is 2. The van der Waals surface area contributed by atoms with Gasteiger partial charge in [-0.2, -0.15) is 0 Å². The third-order valence-electron chi connectivity index (χ3n) is 5.82. The number of aromatic nitrogens is 2. The summed E-state index contributed by atoms with van der Waals surface area (Å²) < 4.78 is 6.01. The van der Waals surface area contributed by atoms with E-state index in [-0.39, 0.29) is 17.9 Å². The topological polar surface area (TPSA) is 64.1 Å². The molecule has 1 aromatic heterocycles. The van der Waals surface area contributed by atoms with Crippen molar-refractivity contribution in [3.8, 4) is 16.9 Å². The number of allylic oxidation sites excluding steroid dienone is 2. The van der Waals surface area contributed by atoms with Gasteiger partial charge in [0.1, 0.15) is 18.2 Å². The van der Waals surface area contributed by atoms with Crippen LogP contribution in [0.5, 0.6) is 5.75 Å². The first-order valence-electron chi connectivity index (χ1n) is 9.27. The van der Waals surface area contributed by atoms with Crippen molar-refractivity contribution in [2.75, 3.05) is 6.54 Å². The maximum atomic E-state index is 12.5. The molecular formula is C21H21N3O2. The number of fused-ring (bicyclic) bond motifs is 3. The number of nitrogens with one attached hydrogen (secondary N) is 1. The van der Waals surface area contributed by atoms with Gasteiger partial charge in [0.2, 0.25) is 5.91 Å². The Balaban J connectivity index is 1.21. The summed E-state index contributed by atoms with van der Waals surface area (Å²) in [5.41, 5.74) is 3.26. The molecule has 0 radical (unpaired) electrons. The molecule has 2 heterocycles. The number of benzene rings is 1. The fraction of sp³-hybridized carbons (Fsp3) is 0.381. The average Bonchev–Trinajstić information content (AvgIpc) is 3.41. The number of hydrogen-bond donors (Lipinski definition) is 1. The van der Waals surface area contributed by atoms with Gasteiger partial charge in [0.05, 0.1) is 6.54 Å². The van der Waals surface area contributed by atoms with Crippen molar-refractivity contribution >= 4 is 5.91 Å². The molecular weight excluding hydrogens is 326 g/mol. The van der Waals surface area contributed by atoms with Crippen molar-refractivity contribution in [1.82, 2.24) is 15.3 Å². The van der Waals surface area contributed by atoms with Gasteiger partial charge in [-0.05, 0) is 47.9 Å². The van der Waals surface area contributed by atoms with Crippen molar-refractivity contribution in [2.45, 2.75) is 25.4 Å². The molecule has 1 saturated carbocycles. The Morgan fingerprint density at radius 2 is 2.04 bits per heavy atom. The summed E-state index contributed by atoms with van der Waals surface area (Å²) in [6.45, 7) is 0.564. The molecule has 1 unspecified atom stereocenters. The van der Waals surface area contributed by atoms with Crippen LogP contribution in [0.2, 0.25) is 0 Å². The van der Waals surface area contributed by atoms with Gasteiger partial charge in [0, 0.05) is 30.3 Å². The van der Waals surface area contributed by atoms with Gasteiger partial charge >= 0.3 is 0 Å². The highest BCUT2D eigenvalue weighted by molar-refractivity contribution is 5.80. The molecule has 1 aromatic carbocycles. The fourth-order valence-corrected chi connectivity index (χ4v) is 4.49. The first-order chi connectivity index (χ1) is 12.8. The van der Waals surface area contributed by atoms with Crippen LogP contribution in [0.1, 0.15) is 18.4 Å². The predicted octanol–water partition coefficient (Wildman–Crippen LogP) is 2.78. The van der Waals surface area contributed by atoms with Gasteiger partial charge in [0.15, 0.2) is 0 Å². The van der Waals surface area contributed by atoms with Gasteiger partial charge in [-0.3, -0.25) is 4.79 Å². The van der Waals surface area contributed by atoms with Crippen molar-refractivity contribution in [3.63, 3.8) is 0 Å². The van der Waals surface area contributed by atoms with Crippen LogP contribution >= 0.6 is 0 Å². The number of amides is 1. The molecule has 3 aliphatic rings. The lowest BCUT2D eigenvalue weighted by Crippen LogP contribution is -2.39. The molecule has 1 fully saturated rings. The van der Waals surface area contributed by atoms with Crippen LogP contribution in [0.3, 0.4) is 0 Å². The Labute approximate surface area is 152 Å². The molecule has 5 heteroatoms. The van der Waals surface area contributed by atoms with E-state index in [1.54, 1.807) is 0 Å². The zero-order valence-electron chi connectivity index (χ0n) is 14.5. The zero-order valence-corrected chi connectivity index (χ0v) is 14.5. The highest BCUT2D eigenvalue weighted by atomic mass is 16.5. The predicted molar refractivity (Wildman–Crippen MR) is 97.4 cm³/mol. The Bertz CT molecular complexity index is 865. The minimum absolute atomic E-state index is 0.00496. The van der Waals surface area contributed by atoms with E-state index in [4.69, 9.17) is 4.74 Å². The number of carbonyl (C=O) groups is 1. The maximum absolute atomic E-state index is 12.5. The minimum atomic E-state index is 0.00496. The second-order valence-electron chi connectivity index (χ2n) is 7.53. The molecule has 26 heavy (non-hydrogen) atoms. The molecule has 0 saturated heterocycles. The van der Waals surface area contributed by atoms with E-state index in [9.17, 15) is 4.79 Å². The van der Waals surface area contributed by atoms with Gasteiger partial charge in [-0.25, -0.2) is 9.97 Å². The van der Waals surface area contributed by atoms with Crippen LogP contribution < -0.4 is 10.1 Å². The smallest absolute Gasteiger partial charge is 0.223 e. The maximum Gasteiger partial charge on any atom is 0.223 e. The minimum Gasteiger partial charge on any atom is -0.488 e. The average molecular weight is 347 g/mol. The summed E-state index contributed by atoms with van der Waals surface area (Å²) in [6.07, 6.45) is 12.6. The van der Waals surface area contributed by atoms with Gasteiger partial charge in [-0.15, -0.1) is 0 Å². The lowest BCUT2D eigenvalue weighted by molar-refractivity contribution is -0.126. The molecule has 1 amide bonds. The summed E-state index contributed by atoms with van der Waals surface area (Å²) in [5, 5.41) is 3.11. The Kier molecular flexibility index (Phi) is 3.73. The lowest BCUT2D eigenvalue weighted by Gasteiger charge is -2.19. The van der Waals surface area contributed by atoms with Gasteiger partial charge in [-0.1, -0.05) is 18.2 Å². The highest BCUT2D eigenvalue weighted by Crippen LogP contribution is 2.43. The van der Waals surface area contributed by atoms with Crippen molar-refractivity contribution in [2.24, 2.45) is 17.8 Å². The van der Waals surface area contributed by atoms with Crippen LogP contribution in [0, 0.1) is 17.8 Å². The van der Waals surface area contributed by atoms with Crippen LogP contribution in [-0.4, -0.2) is 28.5 Å². The SMILES string of the molecule is O=C(NCC1Cc2cc(-c3cncnc3)ccc2O1)[C@@H]1C[C@@H]2C=C[C@H]1C2. The molecule has 2 aliphatic carbocycles. The first kappa shape index (κ1) is 15.6. The molecule has 1 N–H and O–H groups in total. The Morgan fingerprint density at radius 1 is 1.15 bits per heavy atom. The van der Waals surface area contributed by atoms with Crippen molar-refractivity contribution < 1.29 is 9.53 Å². The summed E-state index contributed by atoms with van der Waals surface area (Å²) in [7, 11) is 0. The number of ether oxygens (including phenoxy) is 1. The van der Waals surface area contributed by atoms with Crippen LogP contribution in [-0.2, 0) is 11.2 Å². The molecule has 0 spiro atoms. The summed E-state index contributed by atoms with van der Waals surface area (Å²) in [6, 6.07) is 6.16. The normalized spacial score (nSPS) is 28.0. The standard InChI is InChI=1S/C21H21N3O2/c25-21(19-6-13-1-2-15(19)5-13)24-11-18-8-16-7-14(3-4-20(16)26-18)17-9-22-12-23-10-17/h1-4,7,9-10,12-13,15,18-19H,5-6,8,11H2,(H,24,25)/t13-,15+,18?,19-/m1/s1. The quantitative estimate of drug-likeness (QED) is 0.864. The van der Waals surface area contributed by atoms with Crippen LogP contribution in [0.25, 0.3) is 11.1 Å². The van der Waals surface area contributed by atoms with Crippen molar-refractivity contribution in [1.29, 1.82) is 0 Å². The molecule has 2 bridgehead atoms. The molecule has 2 aromatic rings. The van der Waals surface area contributed by atoms with E-state index in [1.807, 2.05) is 24.5 Å².